The Balaban J connectivity index is 1.24. The highest BCUT2D eigenvalue weighted by Gasteiger charge is 2.54. The molecule has 2 fully saturated rings. The fraction of sp³-hybridized carbons (Fsp3) is 0.333. The van der Waals surface area contributed by atoms with Crippen LogP contribution in [0, 0.1) is 0 Å². The van der Waals surface area contributed by atoms with Crippen LogP contribution in [0.1, 0.15) is 35.3 Å². The van der Waals surface area contributed by atoms with Crippen LogP contribution >= 0.6 is 11.6 Å². The van der Waals surface area contributed by atoms with E-state index >= 15 is 0 Å². The zero-order valence-corrected chi connectivity index (χ0v) is 17.8. The van der Waals surface area contributed by atoms with Gasteiger partial charge < -0.3 is 19.5 Å². The summed E-state index contributed by atoms with van der Waals surface area (Å²) in [7, 11) is 0. The summed E-state index contributed by atoms with van der Waals surface area (Å²) in [6.45, 7) is 1.97. The van der Waals surface area contributed by atoms with Crippen LogP contribution in [0.2, 0.25) is 5.02 Å². The molecule has 1 aromatic carbocycles. The summed E-state index contributed by atoms with van der Waals surface area (Å²) in [6.07, 6.45) is 7.94. The lowest BCUT2D eigenvalue weighted by molar-refractivity contribution is -0.0392. The molecule has 3 aromatic rings. The lowest BCUT2D eigenvalue weighted by Crippen LogP contribution is -2.48. The van der Waals surface area contributed by atoms with E-state index in [-0.39, 0.29) is 17.0 Å². The first-order chi connectivity index (χ1) is 15.1. The molecule has 158 valence electrons. The number of hydrogen-bond acceptors (Lipinski definition) is 4. The maximum absolute atomic E-state index is 12.8. The molecule has 2 saturated heterocycles. The van der Waals surface area contributed by atoms with Gasteiger partial charge in [0.1, 0.15) is 5.54 Å². The standard InChI is InChI=1S/C24H23ClN4O2/c25-18-5-6-20-19(13-18)27-24(21-4-2-10-29(20)21)15-23(31-16-24)7-11-28(12-8-23)22(30)17-3-1-9-26-14-17/h1-6,9-10,13-14,27H,7-8,11-12,15-16H2. The van der Waals surface area contributed by atoms with E-state index in [1.807, 2.05) is 23.1 Å². The van der Waals surface area contributed by atoms with Crippen molar-refractivity contribution in [3.8, 4) is 5.69 Å². The lowest BCUT2D eigenvalue weighted by Gasteiger charge is -2.41. The number of piperidine rings is 1. The minimum Gasteiger partial charge on any atom is -0.372 e. The van der Waals surface area contributed by atoms with Crippen molar-refractivity contribution in [2.75, 3.05) is 25.0 Å². The molecule has 0 aliphatic carbocycles. The zero-order valence-electron chi connectivity index (χ0n) is 17.1. The Morgan fingerprint density at radius 2 is 2.03 bits per heavy atom. The predicted molar refractivity (Wildman–Crippen MR) is 119 cm³/mol. The van der Waals surface area contributed by atoms with Crippen molar-refractivity contribution in [2.24, 2.45) is 0 Å². The molecule has 3 aliphatic heterocycles. The van der Waals surface area contributed by atoms with Gasteiger partial charge in [0.25, 0.3) is 5.91 Å². The molecule has 6 rings (SSSR count). The molecule has 6 nitrogen and oxygen atoms in total. The van der Waals surface area contributed by atoms with Gasteiger partial charge in [0.15, 0.2) is 0 Å². The smallest absolute Gasteiger partial charge is 0.255 e. The van der Waals surface area contributed by atoms with Crippen molar-refractivity contribution in [2.45, 2.75) is 30.4 Å². The number of ether oxygens (including phenoxy) is 1. The van der Waals surface area contributed by atoms with Crippen LogP contribution in [0.4, 0.5) is 5.69 Å². The Labute approximate surface area is 185 Å². The number of benzene rings is 1. The Bertz CT molecular complexity index is 1150. The number of hydrogen-bond donors (Lipinski definition) is 1. The Morgan fingerprint density at radius 3 is 2.84 bits per heavy atom. The van der Waals surface area contributed by atoms with Crippen molar-refractivity contribution >= 4 is 23.2 Å². The van der Waals surface area contributed by atoms with E-state index in [1.54, 1.807) is 18.5 Å². The number of halogens is 1. The highest BCUT2D eigenvalue weighted by atomic mass is 35.5. The van der Waals surface area contributed by atoms with Gasteiger partial charge >= 0.3 is 0 Å². The quantitative estimate of drug-likeness (QED) is 0.622. The fourth-order valence-electron chi connectivity index (χ4n) is 5.40. The lowest BCUT2D eigenvalue weighted by atomic mass is 9.79. The van der Waals surface area contributed by atoms with Gasteiger partial charge in [-0.2, -0.15) is 0 Å². The van der Waals surface area contributed by atoms with Gasteiger partial charge in [-0.05, 0) is 55.3 Å². The van der Waals surface area contributed by atoms with Gasteiger partial charge in [-0.1, -0.05) is 11.6 Å². The summed E-state index contributed by atoms with van der Waals surface area (Å²) >= 11 is 6.29. The van der Waals surface area contributed by atoms with E-state index in [1.165, 1.54) is 5.69 Å². The van der Waals surface area contributed by atoms with Crippen molar-refractivity contribution < 1.29 is 9.53 Å². The SMILES string of the molecule is O=C(c1cccnc1)N1CCC2(CC1)CC1(CO2)Nc2cc(Cl)ccc2-n2cccc21. The maximum Gasteiger partial charge on any atom is 0.255 e. The van der Waals surface area contributed by atoms with E-state index in [9.17, 15) is 4.79 Å². The molecular weight excluding hydrogens is 412 g/mol. The summed E-state index contributed by atoms with van der Waals surface area (Å²) in [6, 6.07) is 13.8. The van der Waals surface area contributed by atoms with Gasteiger partial charge in [-0.3, -0.25) is 9.78 Å². The zero-order chi connectivity index (χ0) is 21.1. The van der Waals surface area contributed by atoms with Crippen LogP contribution in [-0.2, 0) is 10.3 Å². The molecule has 0 bridgehead atoms. The van der Waals surface area contributed by atoms with Gasteiger partial charge in [0, 0.05) is 43.1 Å². The third-order valence-electron chi connectivity index (χ3n) is 6.95. The first-order valence-corrected chi connectivity index (χ1v) is 11.0. The average molecular weight is 435 g/mol. The molecule has 2 spiro atoms. The van der Waals surface area contributed by atoms with Gasteiger partial charge in [-0.25, -0.2) is 0 Å². The molecule has 0 radical (unpaired) electrons. The number of nitrogens with one attached hydrogen (secondary N) is 1. The third-order valence-corrected chi connectivity index (χ3v) is 7.19. The minimum absolute atomic E-state index is 0.0453. The number of carbonyl (C=O) groups is 1. The Hall–Kier alpha value is -2.83. The molecule has 1 N–H and O–H groups in total. The highest BCUT2D eigenvalue weighted by Crippen LogP contribution is 2.50. The van der Waals surface area contributed by atoms with Crippen molar-refractivity contribution in [1.29, 1.82) is 0 Å². The Morgan fingerprint density at radius 1 is 1.16 bits per heavy atom. The second kappa shape index (κ2) is 6.84. The molecular formula is C24H23ClN4O2. The number of likely N-dealkylation sites (tertiary alicyclic amines) is 1. The summed E-state index contributed by atoms with van der Waals surface area (Å²) in [5, 5.41) is 4.48. The summed E-state index contributed by atoms with van der Waals surface area (Å²) < 4.78 is 8.76. The number of nitrogens with zero attached hydrogens (tertiary/aromatic N) is 3. The fourth-order valence-corrected chi connectivity index (χ4v) is 5.58. The van der Waals surface area contributed by atoms with E-state index in [2.05, 4.69) is 39.3 Å². The molecule has 7 heteroatoms. The predicted octanol–water partition coefficient (Wildman–Crippen LogP) is 4.24. The highest BCUT2D eigenvalue weighted by molar-refractivity contribution is 6.31. The molecule has 31 heavy (non-hydrogen) atoms. The number of anilines is 1. The van der Waals surface area contributed by atoms with E-state index < -0.39 is 0 Å². The molecule has 2 aromatic heterocycles. The van der Waals surface area contributed by atoms with Gasteiger partial charge in [0.2, 0.25) is 0 Å². The summed E-state index contributed by atoms with van der Waals surface area (Å²) in [5.41, 5.74) is 3.46. The number of carbonyl (C=O) groups excluding carboxylic acids is 1. The Kier molecular flexibility index (Phi) is 4.17. The van der Waals surface area contributed by atoms with Crippen LogP contribution in [0.3, 0.4) is 0 Å². The van der Waals surface area contributed by atoms with Gasteiger partial charge in [-0.15, -0.1) is 0 Å². The molecule has 1 unspecified atom stereocenters. The van der Waals surface area contributed by atoms with Crippen LogP contribution < -0.4 is 5.32 Å². The molecule has 3 aliphatic rings. The van der Waals surface area contributed by atoms with Crippen molar-refractivity contribution in [3.05, 3.63) is 77.3 Å². The number of aromatic nitrogens is 2. The number of pyridine rings is 1. The average Bonchev–Trinajstić information content (AvgIpc) is 3.42. The van der Waals surface area contributed by atoms with E-state index in [0.29, 0.717) is 30.3 Å². The van der Waals surface area contributed by atoms with Crippen LogP contribution in [0.25, 0.3) is 5.69 Å². The maximum atomic E-state index is 12.8. The van der Waals surface area contributed by atoms with Gasteiger partial charge in [0.05, 0.1) is 34.8 Å². The first kappa shape index (κ1) is 18.9. The molecule has 0 saturated carbocycles. The molecule has 5 heterocycles. The number of fused-ring (bicyclic) bond motifs is 4. The third kappa shape index (κ3) is 2.97. The minimum atomic E-state index is -0.295. The van der Waals surface area contributed by atoms with Crippen LogP contribution in [0.5, 0.6) is 0 Å². The number of amides is 1. The second-order valence-corrected chi connectivity index (χ2v) is 9.25. The monoisotopic (exact) mass is 434 g/mol. The molecule has 1 atom stereocenters. The largest absolute Gasteiger partial charge is 0.372 e. The van der Waals surface area contributed by atoms with Crippen molar-refractivity contribution in [3.63, 3.8) is 0 Å². The summed E-state index contributed by atoms with van der Waals surface area (Å²) in [5.74, 6) is 0.0453. The van der Waals surface area contributed by atoms with Crippen LogP contribution in [-0.4, -0.2) is 45.7 Å². The van der Waals surface area contributed by atoms with Crippen molar-refractivity contribution in [1.82, 2.24) is 14.5 Å². The van der Waals surface area contributed by atoms with E-state index in [4.69, 9.17) is 16.3 Å². The van der Waals surface area contributed by atoms with E-state index in [0.717, 1.165) is 30.6 Å². The topological polar surface area (TPSA) is 59.4 Å². The van der Waals surface area contributed by atoms with Crippen LogP contribution in [0.15, 0.2) is 61.1 Å². The summed E-state index contributed by atoms with van der Waals surface area (Å²) in [4.78, 5) is 18.8. The molecule has 1 amide bonds. The number of rotatable bonds is 1. The first-order valence-electron chi connectivity index (χ1n) is 10.7. The normalized spacial score (nSPS) is 23.5. The second-order valence-electron chi connectivity index (χ2n) is 8.81.